The van der Waals surface area contributed by atoms with Gasteiger partial charge in [0.15, 0.2) is 0 Å². The van der Waals surface area contributed by atoms with Crippen LogP contribution in [-0.2, 0) is 0 Å². The molecule has 0 aromatic rings. The van der Waals surface area contributed by atoms with E-state index in [9.17, 15) is 0 Å². The Bertz CT molecular complexity index is 47.1. The SMILES string of the molecule is CCC[CH2][Sn][CH2]CCC.[Sn].[Sn].[Sn].[Sn].[Sn]. The number of hydrogen-bond acceptors (Lipinski definition) is 0. The molecule has 0 atom stereocenters. The van der Waals surface area contributed by atoms with Crippen LogP contribution in [-0.4, -0.2) is 141 Å². The number of hydrogen-bond donors (Lipinski definition) is 0. The molecule has 74 valence electrons. The van der Waals surface area contributed by atoms with Gasteiger partial charge >= 0.3 is 69.5 Å². The fraction of sp³-hybridized carbons (Fsp3) is 1.00. The normalized spacial score (nSPS) is 6.43. The summed E-state index contributed by atoms with van der Waals surface area (Å²) in [6, 6.07) is 0. The zero-order chi connectivity index (χ0) is 6.95. The first-order valence-corrected chi connectivity index (χ1v) is 8.16. The van der Waals surface area contributed by atoms with Crippen molar-refractivity contribution in [1.29, 1.82) is 0 Å². The Labute approximate surface area is 185 Å². The predicted molar refractivity (Wildman–Crippen MR) is 74.0 cm³/mol. The van der Waals surface area contributed by atoms with Crippen molar-refractivity contribution in [3.05, 3.63) is 0 Å². The van der Waals surface area contributed by atoms with Crippen LogP contribution in [0.4, 0.5) is 0 Å². The first-order valence-electron chi connectivity index (χ1n) is 4.12. The molecular formula is C8H18Sn6. The molecule has 0 unspecified atom stereocenters. The Hall–Kier alpha value is 4.79. The molecule has 0 rings (SSSR count). The van der Waals surface area contributed by atoms with Crippen LogP contribution in [0.1, 0.15) is 39.5 Å². The molecule has 14 heavy (non-hydrogen) atoms. The Morgan fingerprint density at radius 2 is 0.929 bits per heavy atom. The van der Waals surface area contributed by atoms with Gasteiger partial charge in [0.2, 0.25) is 0 Å². The summed E-state index contributed by atoms with van der Waals surface area (Å²) in [5, 5.41) is 0. The topological polar surface area (TPSA) is 0 Å². The number of unbranched alkanes of at least 4 members (excludes halogenated alkanes) is 2. The molecule has 0 heterocycles. The molecule has 0 aliphatic heterocycles. The van der Waals surface area contributed by atoms with E-state index in [0.29, 0.717) is 0 Å². The Morgan fingerprint density at radius 1 is 0.643 bits per heavy atom. The van der Waals surface area contributed by atoms with Crippen molar-refractivity contribution >= 4 is 141 Å². The van der Waals surface area contributed by atoms with Crippen LogP contribution in [0.2, 0.25) is 8.87 Å². The van der Waals surface area contributed by atoms with Crippen LogP contribution in [0.5, 0.6) is 0 Å². The minimum Gasteiger partial charge on any atom is 0 e. The molecular weight excluding hydrogens is 808 g/mol. The molecule has 0 aromatic carbocycles. The van der Waals surface area contributed by atoms with Gasteiger partial charge in [-0.1, -0.05) is 0 Å². The summed E-state index contributed by atoms with van der Waals surface area (Å²) in [7, 11) is 0. The van der Waals surface area contributed by atoms with Crippen LogP contribution >= 0.6 is 0 Å². The van der Waals surface area contributed by atoms with Crippen molar-refractivity contribution in [2.45, 2.75) is 48.4 Å². The van der Waals surface area contributed by atoms with E-state index in [1.165, 1.54) is 25.7 Å². The van der Waals surface area contributed by atoms with Gasteiger partial charge in [0.05, 0.1) is 0 Å². The molecule has 0 aromatic heterocycles. The summed E-state index contributed by atoms with van der Waals surface area (Å²) in [5.74, 6) is 0. The summed E-state index contributed by atoms with van der Waals surface area (Å²) >= 11 is 0.149. The molecule has 0 aliphatic rings. The molecule has 0 N–H and O–H groups in total. The van der Waals surface area contributed by atoms with Gasteiger partial charge in [-0.25, -0.2) is 0 Å². The summed E-state index contributed by atoms with van der Waals surface area (Å²) in [6.45, 7) is 4.58. The quantitative estimate of drug-likeness (QED) is 0.280. The minimum absolute atomic E-state index is 0. The summed E-state index contributed by atoms with van der Waals surface area (Å²) in [4.78, 5) is 0. The maximum absolute atomic E-state index is 2.29. The van der Waals surface area contributed by atoms with Crippen molar-refractivity contribution < 1.29 is 0 Å². The third kappa shape index (κ3) is 36.0. The smallest absolute Gasteiger partial charge is 0 e. The van der Waals surface area contributed by atoms with Crippen LogP contribution in [0.3, 0.4) is 0 Å². The summed E-state index contributed by atoms with van der Waals surface area (Å²) in [6.07, 6.45) is 5.84. The fourth-order valence-electron chi connectivity index (χ4n) is 0.729. The largest absolute Gasteiger partial charge is 0 e. The molecule has 6 heteroatoms. The maximum Gasteiger partial charge on any atom is 0 e. The Morgan fingerprint density at radius 3 is 1.14 bits per heavy atom. The molecule has 0 saturated carbocycles. The van der Waals surface area contributed by atoms with Crippen LogP contribution in [0.15, 0.2) is 0 Å². The second-order valence-corrected chi connectivity index (χ2v) is 6.74. The first-order chi connectivity index (χ1) is 4.41. The van der Waals surface area contributed by atoms with Crippen molar-refractivity contribution in [3.8, 4) is 0 Å². The molecule has 0 nitrogen and oxygen atoms in total. The van der Waals surface area contributed by atoms with Gasteiger partial charge in [-0.3, -0.25) is 0 Å². The average molecular weight is 826 g/mol. The van der Waals surface area contributed by atoms with Crippen LogP contribution < -0.4 is 0 Å². The van der Waals surface area contributed by atoms with Gasteiger partial charge in [-0.05, 0) is 0 Å². The Kier molecular flexibility index (Phi) is 93.7. The zero-order valence-corrected chi connectivity index (χ0v) is 26.4. The minimum atomic E-state index is 0. The average Bonchev–Trinajstić information content (AvgIpc) is 1.89. The van der Waals surface area contributed by atoms with Crippen LogP contribution in [0.25, 0.3) is 0 Å². The second-order valence-electron chi connectivity index (χ2n) is 2.46. The van der Waals surface area contributed by atoms with Crippen molar-refractivity contribution in [1.82, 2.24) is 0 Å². The van der Waals surface area contributed by atoms with Gasteiger partial charge in [0, 0.05) is 120 Å². The van der Waals surface area contributed by atoms with E-state index in [1.807, 2.05) is 0 Å². The Balaban J connectivity index is -0.0000000320. The van der Waals surface area contributed by atoms with E-state index in [4.69, 9.17) is 0 Å². The standard InChI is InChI=1S/2C4H9.6Sn/c2*1-3-4-2;;;;;;/h2*1,3-4H2,2H3;;;;;;. The monoisotopic (exact) mass is 834 g/mol. The van der Waals surface area contributed by atoms with E-state index < -0.39 is 0 Å². The molecule has 0 aliphatic carbocycles. The molecule has 0 spiro atoms. The van der Waals surface area contributed by atoms with E-state index in [2.05, 4.69) is 13.8 Å². The third-order valence-corrected chi connectivity index (χ3v) is 5.45. The van der Waals surface area contributed by atoms with Gasteiger partial charge in [0.1, 0.15) is 0 Å². The fourth-order valence-corrected chi connectivity index (χ4v) is 4.89. The van der Waals surface area contributed by atoms with Gasteiger partial charge in [-0.15, -0.1) is 0 Å². The summed E-state index contributed by atoms with van der Waals surface area (Å²) < 4.78 is 3.25. The molecule has 0 amide bonds. The van der Waals surface area contributed by atoms with Crippen molar-refractivity contribution in [3.63, 3.8) is 0 Å². The molecule has 0 fully saturated rings. The van der Waals surface area contributed by atoms with E-state index >= 15 is 0 Å². The van der Waals surface area contributed by atoms with E-state index in [0.717, 1.165) is 0 Å². The van der Waals surface area contributed by atoms with Crippen molar-refractivity contribution in [2.75, 3.05) is 0 Å². The maximum atomic E-state index is 2.29. The molecule has 22 radical (unpaired) electrons. The zero-order valence-electron chi connectivity index (χ0n) is 9.24. The molecule has 0 bridgehead atoms. The summed E-state index contributed by atoms with van der Waals surface area (Å²) in [5.41, 5.74) is 0. The van der Waals surface area contributed by atoms with Crippen molar-refractivity contribution in [2.24, 2.45) is 0 Å². The van der Waals surface area contributed by atoms with Gasteiger partial charge in [-0.2, -0.15) is 0 Å². The second kappa shape index (κ2) is 36.1. The van der Waals surface area contributed by atoms with E-state index in [-0.39, 0.29) is 141 Å². The third-order valence-electron chi connectivity index (χ3n) is 1.41. The van der Waals surface area contributed by atoms with E-state index in [1.54, 1.807) is 8.87 Å². The predicted octanol–water partition coefficient (Wildman–Crippen LogP) is 1.22. The van der Waals surface area contributed by atoms with Gasteiger partial charge in [0.25, 0.3) is 0 Å². The first kappa shape index (κ1) is 36.4. The molecule has 0 saturated heterocycles. The van der Waals surface area contributed by atoms with Crippen LogP contribution in [0, 0.1) is 0 Å². The van der Waals surface area contributed by atoms with Gasteiger partial charge < -0.3 is 0 Å². The number of rotatable bonds is 6.